The van der Waals surface area contributed by atoms with Crippen LogP contribution in [0.15, 0.2) is 0 Å². The Bertz CT molecular complexity index is 264. The SMILES string of the molecule is CC(C(=O)NC1CC1)N(C)CCCC(=O)O. The first-order valence-electron chi connectivity index (χ1n) is 5.73. The Morgan fingerprint density at radius 3 is 2.62 bits per heavy atom. The fraction of sp³-hybridized carbons (Fsp3) is 0.818. The van der Waals surface area contributed by atoms with Crippen molar-refractivity contribution in [1.29, 1.82) is 0 Å². The summed E-state index contributed by atoms with van der Waals surface area (Å²) in [6.07, 6.45) is 2.90. The van der Waals surface area contributed by atoms with Gasteiger partial charge in [0, 0.05) is 12.5 Å². The fourth-order valence-corrected chi connectivity index (χ4v) is 1.42. The van der Waals surface area contributed by atoms with E-state index in [0.29, 0.717) is 19.0 Å². The number of nitrogens with one attached hydrogen (secondary N) is 1. The van der Waals surface area contributed by atoms with Gasteiger partial charge in [0.1, 0.15) is 0 Å². The molecule has 5 nitrogen and oxygen atoms in total. The van der Waals surface area contributed by atoms with Crippen LogP contribution < -0.4 is 5.32 Å². The summed E-state index contributed by atoms with van der Waals surface area (Å²) >= 11 is 0. The molecule has 1 aliphatic rings. The van der Waals surface area contributed by atoms with Crippen LogP contribution in [0.4, 0.5) is 0 Å². The maximum atomic E-state index is 11.7. The summed E-state index contributed by atoms with van der Waals surface area (Å²) in [7, 11) is 1.85. The van der Waals surface area contributed by atoms with Crippen molar-refractivity contribution in [2.45, 2.75) is 44.7 Å². The normalized spacial score (nSPS) is 17.2. The largest absolute Gasteiger partial charge is 0.481 e. The van der Waals surface area contributed by atoms with E-state index in [1.807, 2.05) is 18.9 Å². The molecule has 0 aliphatic heterocycles. The molecule has 5 heteroatoms. The number of carbonyl (C=O) groups is 2. The van der Waals surface area contributed by atoms with E-state index in [9.17, 15) is 9.59 Å². The fourth-order valence-electron chi connectivity index (χ4n) is 1.42. The average Bonchev–Trinajstić information content (AvgIpc) is 2.99. The van der Waals surface area contributed by atoms with Crippen molar-refractivity contribution in [3.63, 3.8) is 0 Å². The van der Waals surface area contributed by atoms with E-state index in [4.69, 9.17) is 5.11 Å². The molecule has 1 amide bonds. The summed E-state index contributed by atoms with van der Waals surface area (Å²) < 4.78 is 0. The minimum atomic E-state index is -0.788. The minimum absolute atomic E-state index is 0.0420. The molecule has 0 aromatic rings. The van der Waals surface area contributed by atoms with Crippen LogP contribution in [-0.2, 0) is 9.59 Å². The number of likely N-dealkylation sites (N-methyl/N-ethyl adjacent to an activating group) is 1. The summed E-state index contributed by atoms with van der Waals surface area (Å²) in [6.45, 7) is 2.48. The van der Waals surface area contributed by atoms with E-state index >= 15 is 0 Å². The molecule has 0 aromatic carbocycles. The van der Waals surface area contributed by atoms with Crippen LogP contribution in [0.2, 0.25) is 0 Å². The molecule has 1 aliphatic carbocycles. The number of aliphatic carboxylic acids is 1. The quantitative estimate of drug-likeness (QED) is 0.664. The highest BCUT2D eigenvalue weighted by Gasteiger charge is 2.26. The molecule has 0 spiro atoms. The summed E-state index contributed by atoms with van der Waals surface area (Å²) in [4.78, 5) is 23.9. The Morgan fingerprint density at radius 2 is 2.12 bits per heavy atom. The van der Waals surface area contributed by atoms with Crippen LogP contribution in [0.1, 0.15) is 32.6 Å². The third-order valence-corrected chi connectivity index (χ3v) is 2.87. The maximum absolute atomic E-state index is 11.7. The molecule has 16 heavy (non-hydrogen) atoms. The monoisotopic (exact) mass is 228 g/mol. The third-order valence-electron chi connectivity index (χ3n) is 2.87. The molecule has 0 radical (unpaired) electrons. The molecule has 92 valence electrons. The summed E-state index contributed by atoms with van der Waals surface area (Å²) in [5.41, 5.74) is 0. The van der Waals surface area contributed by atoms with Crippen LogP contribution in [0.25, 0.3) is 0 Å². The number of hydrogen-bond acceptors (Lipinski definition) is 3. The van der Waals surface area contributed by atoms with Gasteiger partial charge in [0.2, 0.25) is 5.91 Å². The predicted molar refractivity (Wildman–Crippen MR) is 60.1 cm³/mol. The number of carboxylic acids is 1. The third kappa shape index (κ3) is 4.61. The first-order valence-corrected chi connectivity index (χ1v) is 5.73. The van der Waals surface area contributed by atoms with E-state index in [1.54, 1.807) is 0 Å². The zero-order chi connectivity index (χ0) is 12.1. The number of carbonyl (C=O) groups excluding carboxylic acids is 1. The van der Waals surface area contributed by atoms with E-state index in [2.05, 4.69) is 5.32 Å². The van der Waals surface area contributed by atoms with Gasteiger partial charge in [-0.3, -0.25) is 14.5 Å². The highest BCUT2D eigenvalue weighted by atomic mass is 16.4. The topological polar surface area (TPSA) is 69.6 Å². The molecule has 2 N–H and O–H groups in total. The van der Waals surface area contributed by atoms with Gasteiger partial charge >= 0.3 is 5.97 Å². The number of nitrogens with zero attached hydrogens (tertiary/aromatic N) is 1. The number of hydrogen-bond donors (Lipinski definition) is 2. The zero-order valence-electron chi connectivity index (χ0n) is 9.90. The summed E-state index contributed by atoms with van der Waals surface area (Å²) in [6, 6.07) is 0.191. The molecule has 0 heterocycles. The van der Waals surface area contributed by atoms with Crippen molar-refractivity contribution >= 4 is 11.9 Å². The lowest BCUT2D eigenvalue weighted by Crippen LogP contribution is -2.44. The van der Waals surface area contributed by atoms with Crippen LogP contribution in [0, 0.1) is 0 Å². The summed E-state index contributed by atoms with van der Waals surface area (Å²) in [5, 5.41) is 11.4. The van der Waals surface area contributed by atoms with Gasteiger partial charge < -0.3 is 10.4 Å². The molecule has 1 saturated carbocycles. The van der Waals surface area contributed by atoms with Crippen molar-refractivity contribution in [3.05, 3.63) is 0 Å². The molecular weight excluding hydrogens is 208 g/mol. The number of carboxylic acid groups (broad SMARTS) is 1. The van der Waals surface area contributed by atoms with Gasteiger partial charge in [0.05, 0.1) is 6.04 Å². The number of amides is 1. The minimum Gasteiger partial charge on any atom is -0.481 e. The Labute approximate surface area is 95.8 Å². The van der Waals surface area contributed by atoms with Gasteiger partial charge in [-0.25, -0.2) is 0 Å². The standard InChI is InChI=1S/C11H20N2O3/c1-8(11(16)12-9-5-6-9)13(2)7-3-4-10(14)15/h8-9H,3-7H2,1-2H3,(H,12,16)(H,14,15). The Balaban J connectivity index is 2.19. The highest BCUT2D eigenvalue weighted by Crippen LogP contribution is 2.18. The predicted octanol–water partition coefficient (Wildman–Crippen LogP) is 0.450. The van der Waals surface area contributed by atoms with Gasteiger partial charge in [-0.2, -0.15) is 0 Å². The Kier molecular flexibility index (Phi) is 4.73. The lowest BCUT2D eigenvalue weighted by molar-refractivity contribution is -0.137. The second-order valence-electron chi connectivity index (χ2n) is 4.44. The second kappa shape index (κ2) is 5.84. The summed E-state index contributed by atoms with van der Waals surface area (Å²) in [5.74, 6) is -0.746. The molecule has 0 aromatic heterocycles. The molecule has 0 bridgehead atoms. The van der Waals surface area contributed by atoms with Gasteiger partial charge in [-0.05, 0) is 39.8 Å². The maximum Gasteiger partial charge on any atom is 0.303 e. The van der Waals surface area contributed by atoms with E-state index < -0.39 is 5.97 Å². The molecule has 1 rings (SSSR count). The molecule has 0 saturated heterocycles. The highest BCUT2D eigenvalue weighted by molar-refractivity contribution is 5.81. The molecule has 1 unspecified atom stereocenters. The average molecular weight is 228 g/mol. The first kappa shape index (κ1) is 13.0. The molecular formula is C11H20N2O3. The van der Waals surface area contributed by atoms with E-state index in [-0.39, 0.29) is 18.4 Å². The van der Waals surface area contributed by atoms with Gasteiger partial charge in [0.15, 0.2) is 0 Å². The number of rotatable bonds is 7. The molecule has 1 fully saturated rings. The van der Waals surface area contributed by atoms with Crippen LogP contribution in [0.5, 0.6) is 0 Å². The van der Waals surface area contributed by atoms with Gasteiger partial charge in [-0.15, -0.1) is 0 Å². The Hall–Kier alpha value is -1.10. The Morgan fingerprint density at radius 1 is 1.50 bits per heavy atom. The smallest absolute Gasteiger partial charge is 0.303 e. The van der Waals surface area contributed by atoms with Gasteiger partial charge in [-0.1, -0.05) is 0 Å². The van der Waals surface area contributed by atoms with Gasteiger partial charge in [0.25, 0.3) is 0 Å². The zero-order valence-corrected chi connectivity index (χ0v) is 9.90. The van der Waals surface area contributed by atoms with Crippen LogP contribution >= 0.6 is 0 Å². The lowest BCUT2D eigenvalue weighted by Gasteiger charge is -2.23. The van der Waals surface area contributed by atoms with E-state index in [0.717, 1.165) is 12.8 Å². The molecule has 1 atom stereocenters. The van der Waals surface area contributed by atoms with Crippen molar-refractivity contribution in [2.24, 2.45) is 0 Å². The van der Waals surface area contributed by atoms with Crippen molar-refractivity contribution in [1.82, 2.24) is 10.2 Å². The van der Waals surface area contributed by atoms with Crippen LogP contribution in [-0.4, -0.2) is 47.6 Å². The lowest BCUT2D eigenvalue weighted by atomic mass is 10.2. The van der Waals surface area contributed by atoms with Crippen molar-refractivity contribution in [2.75, 3.05) is 13.6 Å². The van der Waals surface area contributed by atoms with Crippen molar-refractivity contribution in [3.8, 4) is 0 Å². The van der Waals surface area contributed by atoms with Crippen molar-refractivity contribution < 1.29 is 14.7 Å². The van der Waals surface area contributed by atoms with E-state index in [1.165, 1.54) is 0 Å². The van der Waals surface area contributed by atoms with Crippen LogP contribution in [0.3, 0.4) is 0 Å². The second-order valence-corrected chi connectivity index (χ2v) is 4.44. The first-order chi connectivity index (χ1) is 7.50.